The van der Waals surface area contributed by atoms with Gasteiger partial charge in [-0.05, 0) is 90.1 Å². The average Bonchev–Trinajstić information content (AvgIpc) is 2.45. The molecule has 0 bridgehead atoms. The number of carbonyl (C=O) groups excluding carboxylic acids is 1. The van der Waals surface area contributed by atoms with Gasteiger partial charge in [0.05, 0.1) is 26.9 Å². The number of amides is 1. The van der Waals surface area contributed by atoms with Crippen LogP contribution < -0.4 is 10.1 Å². The second kappa shape index (κ2) is 10.7. The molecule has 1 amide bonds. The Kier molecular flexibility index (Phi) is 9.75. The van der Waals surface area contributed by atoms with E-state index in [2.05, 4.69) is 50.5 Å². The van der Waals surface area contributed by atoms with Crippen molar-refractivity contribution in [2.75, 3.05) is 27.6 Å². The van der Waals surface area contributed by atoms with Crippen molar-refractivity contribution in [1.29, 1.82) is 0 Å². The molecular weight excluding hydrogens is 552 g/mol. The summed E-state index contributed by atoms with van der Waals surface area (Å²) in [7, 11) is 3.22. The minimum atomic E-state index is -0.549. The van der Waals surface area contributed by atoms with Gasteiger partial charge in [0, 0.05) is 7.11 Å². The van der Waals surface area contributed by atoms with Crippen molar-refractivity contribution in [3.05, 3.63) is 24.8 Å². The van der Waals surface area contributed by atoms with E-state index in [4.69, 9.17) is 18.9 Å². The van der Waals surface area contributed by atoms with Crippen molar-refractivity contribution in [3.8, 4) is 5.75 Å². The van der Waals surface area contributed by atoms with Crippen molar-refractivity contribution < 1.29 is 23.7 Å². The van der Waals surface area contributed by atoms with Gasteiger partial charge in [0.2, 0.25) is 0 Å². The van der Waals surface area contributed by atoms with Crippen LogP contribution in [0.5, 0.6) is 5.75 Å². The summed E-state index contributed by atoms with van der Waals surface area (Å²) in [5.74, 6) is 0.859. The molecule has 0 fully saturated rings. The first-order valence-corrected chi connectivity index (χ1v) is 9.90. The highest BCUT2D eigenvalue weighted by Crippen LogP contribution is 2.29. The number of nitrogens with one attached hydrogen (secondary N) is 1. The number of alkyl carbamates (subject to hydrolysis) is 1. The summed E-state index contributed by atoms with van der Waals surface area (Å²) in [6, 6.07) is 3.86. The van der Waals surface area contributed by atoms with E-state index in [1.54, 1.807) is 14.2 Å². The molecule has 0 spiro atoms. The summed E-state index contributed by atoms with van der Waals surface area (Å²) in [4.78, 5) is 12.1. The van der Waals surface area contributed by atoms with Crippen molar-refractivity contribution >= 4 is 51.3 Å². The van der Waals surface area contributed by atoms with E-state index in [-0.39, 0.29) is 12.8 Å². The summed E-state index contributed by atoms with van der Waals surface area (Å²) in [6.45, 7) is 5.99. The van der Waals surface area contributed by atoms with Crippen molar-refractivity contribution in [1.82, 2.24) is 5.32 Å². The lowest BCUT2D eigenvalue weighted by molar-refractivity contribution is -0.0388. The van der Waals surface area contributed by atoms with Crippen LogP contribution in [0.2, 0.25) is 0 Å². The maximum absolute atomic E-state index is 12.1. The number of hydrogen-bond donors (Lipinski definition) is 1. The van der Waals surface area contributed by atoms with E-state index in [0.717, 1.165) is 18.5 Å². The first kappa shape index (κ1) is 22.7. The molecule has 0 unspecified atom stereocenters. The molecular formula is C17H25I2NO5. The van der Waals surface area contributed by atoms with Gasteiger partial charge in [0.1, 0.15) is 18.1 Å². The molecule has 0 aliphatic rings. The predicted octanol–water partition coefficient (Wildman–Crippen LogP) is 3.96. The molecule has 8 heteroatoms. The lowest BCUT2D eigenvalue weighted by atomic mass is 10.1. The van der Waals surface area contributed by atoms with Gasteiger partial charge in [-0.2, -0.15) is 0 Å². The van der Waals surface area contributed by atoms with Crippen LogP contribution in [0.25, 0.3) is 0 Å². The zero-order chi connectivity index (χ0) is 19.0. The summed E-state index contributed by atoms with van der Waals surface area (Å²) >= 11 is 4.49. The monoisotopic (exact) mass is 577 g/mol. The number of ether oxygens (including phenoxy) is 4. The fraction of sp³-hybridized carbons (Fsp3) is 0.588. The predicted molar refractivity (Wildman–Crippen MR) is 113 cm³/mol. The molecule has 0 aliphatic heterocycles. The largest absolute Gasteiger partial charge is 0.495 e. The van der Waals surface area contributed by atoms with Crippen LogP contribution in [0.3, 0.4) is 0 Å². The van der Waals surface area contributed by atoms with Gasteiger partial charge in [-0.25, -0.2) is 4.79 Å². The zero-order valence-electron chi connectivity index (χ0n) is 15.2. The number of rotatable bonds is 8. The topological polar surface area (TPSA) is 66.0 Å². The van der Waals surface area contributed by atoms with Gasteiger partial charge in [-0.1, -0.05) is 0 Å². The van der Waals surface area contributed by atoms with Crippen molar-refractivity contribution in [2.45, 2.75) is 38.8 Å². The molecule has 1 atom stereocenters. The molecule has 1 aromatic carbocycles. The van der Waals surface area contributed by atoms with E-state index in [1.165, 1.54) is 0 Å². The van der Waals surface area contributed by atoms with Crippen LogP contribution in [0.15, 0.2) is 12.1 Å². The van der Waals surface area contributed by atoms with E-state index in [1.807, 2.05) is 32.9 Å². The van der Waals surface area contributed by atoms with E-state index < -0.39 is 11.7 Å². The fourth-order valence-corrected chi connectivity index (χ4v) is 4.45. The number of hydrogen-bond acceptors (Lipinski definition) is 5. The lowest BCUT2D eigenvalue weighted by Gasteiger charge is -2.24. The molecule has 25 heavy (non-hydrogen) atoms. The Labute approximate surface area is 176 Å². The third kappa shape index (κ3) is 8.74. The first-order valence-electron chi connectivity index (χ1n) is 7.74. The molecule has 0 aliphatic carbocycles. The highest BCUT2D eigenvalue weighted by molar-refractivity contribution is 14.1. The molecule has 1 rings (SSSR count). The van der Waals surface area contributed by atoms with Crippen LogP contribution in [-0.2, 0) is 20.6 Å². The van der Waals surface area contributed by atoms with Gasteiger partial charge in [0.15, 0.2) is 0 Å². The quantitative estimate of drug-likeness (QED) is 0.288. The van der Waals surface area contributed by atoms with Gasteiger partial charge in [-0.15, -0.1) is 0 Å². The van der Waals surface area contributed by atoms with Crippen LogP contribution in [0.4, 0.5) is 4.79 Å². The minimum absolute atomic E-state index is 0.171. The minimum Gasteiger partial charge on any atom is -0.495 e. The highest BCUT2D eigenvalue weighted by atomic mass is 127. The summed E-state index contributed by atoms with van der Waals surface area (Å²) < 4.78 is 23.1. The number of benzene rings is 1. The summed E-state index contributed by atoms with van der Waals surface area (Å²) in [5.41, 5.74) is 0.532. The van der Waals surface area contributed by atoms with Gasteiger partial charge < -0.3 is 24.3 Å². The first-order chi connectivity index (χ1) is 11.7. The van der Waals surface area contributed by atoms with Crippen LogP contribution in [-0.4, -0.2) is 45.4 Å². The lowest BCUT2D eigenvalue weighted by Crippen LogP contribution is -2.42. The second-order valence-electron chi connectivity index (χ2n) is 6.42. The normalized spacial score (nSPS) is 12.6. The third-order valence-corrected chi connectivity index (χ3v) is 4.59. The number of carbonyl (C=O) groups is 1. The maximum Gasteiger partial charge on any atom is 0.407 e. The molecule has 142 valence electrons. The second-order valence-corrected chi connectivity index (χ2v) is 8.74. The fourth-order valence-electron chi connectivity index (χ4n) is 2.11. The SMILES string of the molecule is COCOC[C@H](Cc1cc(I)c(OC)c(I)c1)NC(=O)OC(C)(C)C. The molecule has 0 heterocycles. The Balaban J connectivity index is 2.84. The number of halogens is 2. The molecule has 1 aromatic rings. The summed E-state index contributed by atoms with van der Waals surface area (Å²) in [6.07, 6.45) is 0.148. The Morgan fingerprint density at radius 2 is 1.80 bits per heavy atom. The Morgan fingerprint density at radius 1 is 1.20 bits per heavy atom. The smallest absolute Gasteiger partial charge is 0.407 e. The maximum atomic E-state index is 12.1. The number of methoxy groups -OCH3 is 2. The third-order valence-electron chi connectivity index (χ3n) is 2.99. The molecule has 0 radical (unpaired) electrons. The molecule has 1 N–H and O–H groups in total. The standard InChI is InChI=1S/C17H25I2NO5/c1-17(2,3)25-16(21)20-12(9-24-10-22-4)6-11-7-13(18)15(23-5)14(19)8-11/h7-8,12H,6,9-10H2,1-5H3,(H,20,21)/t12-/m0/s1. The van der Waals surface area contributed by atoms with Crippen molar-refractivity contribution in [3.63, 3.8) is 0 Å². The Morgan fingerprint density at radius 3 is 2.28 bits per heavy atom. The van der Waals surface area contributed by atoms with Gasteiger partial charge in [-0.3, -0.25) is 0 Å². The van der Waals surface area contributed by atoms with Crippen LogP contribution >= 0.6 is 45.2 Å². The zero-order valence-corrected chi connectivity index (χ0v) is 19.5. The molecule has 0 saturated carbocycles. The van der Waals surface area contributed by atoms with Crippen LogP contribution in [0.1, 0.15) is 26.3 Å². The van der Waals surface area contributed by atoms with E-state index >= 15 is 0 Å². The van der Waals surface area contributed by atoms with Gasteiger partial charge >= 0.3 is 6.09 Å². The van der Waals surface area contributed by atoms with E-state index in [9.17, 15) is 4.79 Å². The Hall–Kier alpha value is -0.330. The highest BCUT2D eigenvalue weighted by Gasteiger charge is 2.20. The summed E-state index contributed by atoms with van der Waals surface area (Å²) in [5, 5.41) is 2.87. The molecule has 0 saturated heterocycles. The van der Waals surface area contributed by atoms with Crippen molar-refractivity contribution in [2.24, 2.45) is 0 Å². The van der Waals surface area contributed by atoms with E-state index in [0.29, 0.717) is 13.0 Å². The van der Waals surface area contributed by atoms with Crippen LogP contribution in [0, 0.1) is 7.14 Å². The average molecular weight is 577 g/mol. The molecule has 6 nitrogen and oxygen atoms in total. The Bertz CT molecular complexity index is 552. The molecule has 0 aromatic heterocycles. The van der Waals surface area contributed by atoms with Gasteiger partial charge in [0.25, 0.3) is 0 Å².